The summed E-state index contributed by atoms with van der Waals surface area (Å²) in [7, 11) is 1.26. The second kappa shape index (κ2) is 8.17. The molecular weight excluding hydrogens is 370 g/mol. The quantitative estimate of drug-likeness (QED) is 0.475. The Labute approximate surface area is 159 Å². The molecule has 27 heavy (non-hydrogen) atoms. The first-order chi connectivity index (χ1) is 13.0. The topological polar surface area (TPSA) is 102 Å². The molecular formula is C18H19N3O5S. The Balaban J connectivity index is 1.85. The minimum Gasteiger partial charge on any atom is -0.465 e. The van der Waals surface area contributed by atoms with Gasteiger partial charge in [0.15, 0.2) is 0 Å². The van der Waals surface area contributed by atoms with E-state index < -0.39 is 16.8 Å². The molecule has 0 atom stereocenters. The van der Waals surface area contributed by atoms with Gasteiger partial charge in [0.1, 0.15) is 10.7 Å². The van der Waals surface area contributed by atoms with Crippen LogP contribution in [-0.4, -0.2) is 37.0 Å². The monoisotopic (exact) mass is 389 g/mol. The first-order valence-electron chi connectivity index (χ1n) is 8.52. The first-order valence-corrected chi connectivity index (χ1v) is 9.39. The Morgan fingerprint density at radius 1 is 1.22 bits per heavy atom. The molecule has 0 aliphatic carbocycles. The van der Waals surface area contributed by atoms with E-state index in [-0.39, 0.29) is 16.8 Å². The Hall–Kier alpha value is -2.94. The number of hydrogen-bond donors (Lipinski definition) is 1. The Kier molecular flexibility index (Phi) is 5.70. The molecule has 0 saturated carbocycles. The maximum absolute atomic E-state index is 12.5. The molecule has 3 rings (SSSR count). The van der Waals surface area contributed by atoms with Gasteiger partial charge in [-0.2, -0.15) is 0 Å². The standard InChI is InChI=1S/C18H19N3O5S/c1-26-18(23)13-7-10-27-17(13)19-16(22)12-5-6-14(15(11-12)21(24)25)20-8-3-2-4-9-20/h5-7,10-11H,2-4,8-9H2,1H3,(H,19,22). The van der Waals surface area contributed by atoms with E-state index in [1.807, 2.05) is 4.90 Å². The van der Waals surface area contributed by atoms with Gasteiger partial charge in [-0.3, -0.25) is 14.9 Å². The van der Waals surface area contributed by atoms with Gasteiger partial charge in [0.05, 0.1) is 17.6 Å². The number of rotatable bonds is 5. The average Bonchev–Trinajstić information content (AvgIpc) is 3.15. The minimum absolute atomic E-state index is 0.0936. The normalized spacial score (nSPS) is 13.9. The third-order valence-corrected chi connectivity index (χ3v) is 5.26. The lowest BCUT2D eigenvalue weighted by Gasteiger charge is -2.28. The van der Waals surface area contributed by atoms with E-state index in [1.165, 1.54) is 24.5 Å². The summed E-state index contributed by atoms with van der Waals surface area (Å²) < 4.78 is 4.68. The number of carbonyl (C=O) groups excluding carboxylic acids is 2. The van der Waals surface area contributed by atoms with E-state index in [4.69, 9.17) is 0 Å². The van der Waals surface area contributed by atoms with Crippen LogP contribution >= 0.6 is 11.3 Å². The van der Waals surface area contributed by atoms with Crippen molar-refractivity contribution in [2.45, 2.75) is 19.3 Å². The summed E-state index contributed by atoms with van der Waals surface area (Å²) >= 11 is 1.18. The summed E-state index contributed by atoms with van der Waals surface area (Å²) in [6.45, 7) is 1.54. The number of benzene rings is 1. The molecule has 1 aliphatic heterocycles. The van der Waals surface area contributed by atoms with Crippen molar-refractivity contribution in [3.05, 3.63) is 50.9 Å². The number of nitrogens with zero attached hydrogens (tertiary/aromatic N) is 2. The third-order valence-electron chi connectivity index (χ3n) is 4.43. The number of anilines is 2. The van der Waals surface area contributed by atoms with E-state index >= 15 is 0 Å². The Morgan fingerprint density at radius 3 is 2.63 bits per heavy atom. The van der Waals surface area contributed by atoms with Gasteiger partial charge in [-0.25, -0.2) is 4.79 Å². The maximum Gasteiger partial charge on any atom is 0.340 e. The molecule has 0 bridgehead atoms. The van der Waals surface area contributed by atoms with Crippen molar-refractivity contribution in [2.24, 2.45) is 0 Å². The van der Waals surface area contributed by atoms with Crippen LogP contribution in [-0.2, 0) is 4.74 Å². The number of carbonyl (C=O) groups is 2. The Bertz CT molecular complexity index is 874. The van der Waals surface area contributed by atoms with E-state index in [0.29, 0.717) is 10.7 Å². The number of nitro groups is 1. The van der Waals surface area contributed by atoms with Crippen LogP contribution in [0.1, 0.15) is 40.0 Å². The molecule has 8 nitrogen and oxygen atoms in total. The van der Waals surface area contributed by atoms with Crippen LogP contribution in [0.3, 0.4) is 0 Å². The Morgan fingerprint density at radius 2 is 1.96 bits per heavy atom. The number of nitrogens with one attached hydrogen (secondary N) is 1. The number of ether oxygens (including phenoxy) is 1. The predicted molar refractivity (Wildman–Crippen MR) is 103 cm³/mol. The van der Waals surface area contributed by atoms with Crippen LogP contribution < -0.4 is 10.2 Å². The summed E-state index contributed by atoms with van der Waals surface area (Å²) in [4.78, 5) is 37.3. The van der Waals surface area contributed by atoms with Crippen LogP contribution in [0.5, 0.6) is 0 Å². The molecule has 0 radical (unpaired) electrons. The summed E-state index contributed by atoms with van der Waals surface area (Å²) in [5.74, 6) is -1.08. The predicted octanol–water partition coefficient (Wildman–Crippen LogP) is 3.69. The van der Waals surface area contributed by atoms with Crippen molar-refractivity contribution >= 4 is 39.6 Å². The molecule has 2 aromatic rings. The van der Waals surface area contributed by atoms with Gasteiger partial charge in [0.2, 0.25) is 0 Å². The van der Waals surface area contributed by atoms with Crippen molar-refractivity contribution in [3.63, 3.8) is 0 Å². The van der Waals surface area contributed by atoms with Crippen molar-refractivity contribution in [1.82, 2.24) is 0 Å². The maximum atomic E-state index is 12.5. The zero-order valence-electron chi connectivity index (χ0n) is 14.8. The average molecular weight is 389 g/mol. The smallest absolute Gasteiger partial charge is 0.340 e. The second-order valence-electron chi connectivity index (χ2n) is 6.12. The highest BCUT2D eigenvalue weighted by Gasteiger charge is 2.24. The number of methoxy groups -OCH3 is 1. The molecule has 1 aromatic heterocycles. The highest BCUT2D eigenvalue weighted by Crippen LogP contribution is 2.32. The lowest BCUT2D eigenvalue weighted by molar-refractivity contribution is -0.384. The lowest BCUT2D eigenvalue weighted by Crippen LogP contribution is -2.30. The summed E-state index contributed by atoms with van der Waals surface area (Å²) in [5.41, 5.74) is 0.841. The van der Waals surface area contributed by atoms with Gasteiger partial charge in [-0.05, 0) is 42.8 Å². The molecule has 142 valence electrons. The fraction of sp³-hybridized carbons (Fsp3) is 0.333. The molecule has 1 saturated heterocycles. The minimum atomic E-state index is -0.557. The van der Waals surface area contributed by atoms with Gasteiger partial charge >= 0.3 is 5.97 Å². The van der Waals surface area contributed by atoms with Crippen LogP contribution in [0, 0.1) is 10.1 Å². The highest BCUT2D eigenvalue weighted by atomic mass is 32.1. The van der Waals surface area contributed by atoms with Gasteiger partial charge < -0.3 is 15.0 Å². The van der Waals surface area contributed by atoms with Crippen LogP contribution in [0.25, 0.3) is 0 Å². The lowest BCUT2D eigenvalue weighted by atomic mass is 10.1. The molecule has 9 heteroatoms. The fourth-order valence-electron chi connectivity index (χ4n) is 3.07. The van der Waals surface area contributed by atoms with Gasteiger partial charge in [0.25, 0.3) is 11.6 Å². The summed E-state index contributed by atoms with van der Waals surface area (Å²) in [6.07, 6.45) is 3.11. The van der Waals surface area contributed by atoms with E-state index in [0.717, 1.165) is 32.4 Å². The number of amides is 1. The SMILES string of the molecule is COC(=O)c1ccsc1NC(=O)c1ccc(N2CCCCC2)c([N+](=O)[O-])c1. The molecule has 1 fully saturated rings. The largest absolute Gasteiger partial charge is 0.465 e. The summed E-state index contributed by atoms with van der Waals surface area (Å²) in [6, 6.07) is 6.02. The highest BCUT2D eigenvalue weighted by molar-refractivity contribution is 7.14. The fourth-order valence-corrected chi connectivity index (χ4v) is 3.84. The number of thiophene rings is 1. The number of piperidine rings is 1. The van der Waals surface area contributed by atoms with Crippen molar-refractivity contribution in [2.75, 3.05) is 30.4 Å². The third kappa shape index (κ3) is 4.08. The summed E-state index contributed by atoms with van der Waals surface area (Å²) in [5, 5.41) is 16.2. The van der Waals surface area contributed by atoms with E-state index in [2.05, 4.69) is 10.1 Å². The van der Waals surface area contributed by atoms with Crippen LogP contribution in [0.4, 0.5) is 16.4 Å². The number of hydrogen-bond acceptors (Lipinski definition) is 7. The molecule has 1 amide bonds. The van der Waals surface area contributed by atoms with Crippen molar-refractivity contribution in [1.29, 1.82) is 0 Å². The van der Waals surface area contributed by atoms with E-state index in [9.17, 15) is 19.7 Å². The van der Waals surface area contributed by atoms with Crippen molar-refractivity contribution in [3.8, 4) is 0 Å². The van der Waals surface area contributed by atoms with Gasteiger partial charge in [-0.15, -0.1) is 11.3 Å². The molecule has 1 aromatic carbocycles. The molecule has 0 unspecified atom stereocenters. The molecule has 1 aliphatic rings. The number of esters is 1. The van der Waals surface area contributed by atoms with Crippen LogP contribution in [0.15, 0.2) is 29.6 Å². The zero-order valence-corrected chi connectivity index (χ0v) is 15.6. The first kappa shape index (κ1) is 18.8. The van der Waals surface area contributed by atoms with Crippen LogP contribution in [0.2, 0.25) is 0 Å². The molecule has 2 heterocycles. The zero-order chi connectivity index (χ0) is 19.4. The van der Waals surface area contributed by atoms with Gasteiger partial charge in [-0.1, -0.05) is 0 Å². The molecule has 1 N–H and O–H groups in total. The molecule has 0 spiro atoms. The number of nitro benzene ring substituents is 1. The van der Waals surface area contributed by atoms with Crippen molar-refractivity contribution < 1.29 is 19.2 Å². The second-order valence-corrected chi connectivity index (χ2v) is 7.03. The van der Waals surface area contributed by atoms with E-state index in [1.54, 1.807) is 23.6 Å². The van der Waals surface area contributed by atoms with Gasteiger partial charge in [0, 0.05) is 24.7 Å².